The van der Waals surface area contributed by atoms with Crippen LogP contribution in [0.25, 0.3) is 0 Å². The van der Waals surface area contributed by atoms with Crippen LogP contribution in [0, 0.1) is 0 Å². The lowest BCUT2D eigenvalue weighted by molar-refractivity contribution is 0.0950. The van der Waals surface area contributed by atoms with Gasteiger partial charge in [-0.15, -0.1) is 0 Å². The van der Waals surface area contributed by atoms with Gasteiger partial charge in [0.15, 0.2) is 0 Å². The number of hydrogen-bond donors (Lipinski definition) is 1. The smallest absolute Gasteiger partial charge is 0.251 e. The van der Waals surface area contributed by atoms with E-state index in [9.17, 15) is 13.2 Å². The summed E-state index contributed by atoms with van der Waals surface area (Å²) in [6.07, 6.45) is 0. The first-order valence-electron chi connectivity index (χ1n) is 6.86. The Morgan fingerprint density at radius 1 is 1.09 bits per heavy atom. The average molecular weight is 353 g/mol. The Balaban J connectivity index is 2.19. The fraction of sp³-hybridized carbons (Fsp3) is 0.188. The Labute approximate surface area is 140 Å². The summed E-state index contributed by atoms with van der Waals surface area (Å²) in [5, 5.41) is 3.27. The van der Waals surface area contributed by atoms with Crippen LogP contribution >= 0.6 is 11.6 Å². The molecule has 0 unspecified atom stereocenters. The van der Waals surface area contributed by atoms with Crippen molar-refractivity contribution in [2.45, 2.75) is 11.4 Å². The summed E-state index contributed by atoms with van der Waals surface area (Å²) in [7, 11) is -0.620. The van der Waals surface area contributed by atoms with Gasteiger partial charge in [-0.25, -0.2) is 12.7 Å². The van der Waals surface area contributed by atoms with Crippen LogP contribution in [0.15, 0.2) is 53.4 Å². The summed E-state index contributed by atoms with van der Waals surface area (Å²) >= 11 is 5.79. The fourth-order valence-electron chi connectivity index (χ4n) is 1.98. The van der Waals surface area contributed by atoms with E-state index in [4.69, 9.17) is 11.6 Å². The van der Waals surface area contributed by atoms with E-state index in [1.54, 1.807) is 42.5 Å². The van der Waals surface area contributed by atoms with Crippen LogP contribution < -0.4 is 5.32 Å². The first-order valence-corrected chi connectivity index (χ1v) is 8.68. The number of nitrogens with one attached hydrogen (secondary N) is 1. The molecular formula is C16H17ClN2O3S. The number of nitrogens with zero attached hydrogens (tertiary/aromatic N) is 1. The first kappa shape index (κ1) is 17.5. The third-order valence-corrected chi connectivity index (χ3v) is 5.44. The van der Waals surface area contributed by atoms with Crippen molar-refractivity contribution < 1.29 is 13.2 Å². The Hall–Kier alpha value is -1.89. The Bertz CT molecular complexity index is 802. The fourth-order valence-corrected chi connectivity index (χ4v) is 3.22. The molecule has 7 heteroatoms. The second kappa shape index (κ2) is 7.12. The molecule has 0 saturated carbocycles. The van der Waals surface area contributed by atoms with Gasteiger partial charge in [0.1, 0.15) is 0 Å². The van der Waals surface area contributed by atoms with Crippen molar-refractivity contribution in [3.8, 4) is 0 Å². The standard InChI is InChI=1S/C16H17ClN2O3S/c1-19(2)23(21,22)15-6-4-3-5-13(15)11-18-16(20)12-7-9-14(17)10-8-12/h3-10H,11H2,1-2H3,(H,18,20). The number of halogens is 1. The van der Waals surface area contributed by atoms with Crippen molar-refractivity contribution in [3.63, 3.8) is 0 Å². The highest BCUT2D eigenvalue weighted by molar-refractivity contribution is 7.89. The zero-order valence-corrected chi connectivity index (χ0v) is 14.4. The number of amides is 1. The van der Waals surface area contributed by atoms with E-state index in [2.05, 4.69) is 5.32 Å². The first-order chi connectivity index (χ1) is 10.8. The van der Waals surface area contributed by atoms with Gasteiger partial charge in [-0.05, 0) is 35.9 Å². The number of carbonyl (C=O) groups excluding carboxylic acids is 1. The predicted octanol–water partition coefficient (Wildman–Crippen LogP) is 2.52. The van der Waals surface area contributed by atoms with E-state index < -0.39 is 10.0 Å². The average Bonchev–Trinajstić information content (AvgIpc) is 2.53. The van der Waals surface area contributed by atoms with Crippen LogP contribution in [0.3, 0.4) is 0 Å². The lowest BCUT2D eigenvalue weighted by Crippen LogP contribution is -2.27. The largest absolute Gasteiger partial charge is 0.348 e. The molecule has 23 heavy (non-hydrogen) atoms. The lowest BCUT2D eigenvalue weighted by Gasteiger charge is -2.15. The molecule has 122 valence electrons. The molecule has 0 aliphatic carbocycles. The quantitative estimate of drug-likeness (QED) is 0.899. The van der Waals surface area contributed by atoms with Crippen LogP contribution in [0.1, 0.15) is 15.9 Å². The molecule has 1 N–H and O–H groups in total. The van der Waals surface area contributed by atoms with Crippen molar-refractivity contribution in [1.82, 2.24) is 9.62 Å². The Kier molecular flexibility index (Phi) is 5.41. The zero-order valence-electron chi connectivity index (χ0n) is 12.8. The van der Waals surface area contributed by atoms with Crippen molar-refractivity contribution in [2.24, 2.45) is 0 Å². The normalized spacial score (nSPS) is 11.5. The van der Waals surface area contributed by atoms with Crippen molar-refractivity contribution in [2.75, 3.05) is 14.1 Å². The highest BCUT2D eigenvalue weighted by Crippen LogP contribution is 2.18. The molecule has 0 aliphatic rings. The summed E-state index contributed by atoms with van der Waals surface area (Å²) in [5.41, 5.74) is 0.992. The summed E-state index contributed by atoms with van der Waals surface area (Å²) in [6.45, 7) is 0.116. The van der Waals surface area contributed by atoms with Gasteiger partial charge < -0.3 is 5.32 Å². The maximum atomic E-state index is 12.3. The Morgan fingerprint density at radius 3 is 2.30 bits per heavy atom. The van der Waals surface area contributed by atoms with Crippen molar-refractivity contribution in [1.29, 1.82) is 0 Å². The van der Waals surface area contributed by atoms with Gasteiger partial charge in [-0.1, -0.05) is 29.8 Å². The van der Waals surface area contributed by atoms with E-state index in [0.717, 1.165) is 4.31 Å². The van der Waals surface area contributed by atoms with Gasteiger partial charge in [0, 0.05) is 31.2 Å². The van der Waals surface area contributed by atoms with Gasteiger partial charge in [-0.2, -0.15) is 0 Å². The van der Waals surface area contributed by atoms with E-state index >= 15 is 0 Å². The number of carbonyl (C=O) groups is 1. The minimum atomic E-state index is -3.56. The summed E-state index contributed by atoms with van der Waals surface area (Å²) in [6, 6.07) is 13.1. The summed E-state index contributed by atoms with van der Waals surface area (Å²) in [4.78, 5) is 12.3. The second-order valence-electron chi connectivity index (χ2n) is 5.08. The molecule has 0 saturated heterocycles. The lowest BCUT2D eigenvalue weighted by atomic mass is 10.2. The molecule has 0 heterocycles. The van der Waals surface area contributed by atoms with Gasteiger partial charge in [-0.3, -0.25) is 4.79 Å². The minimum Gasteiger partial charge on any atom is -0.348 e. The molecule has 0 spiro atoms. The maximum Gasteiger partial charge on any atom is 0.251 e. The molecule has 0 fully saturated rings. The molecule has 2 rings (SSSR count). The topological polar surface area (TPSA) is 66.5 Å². The number of benzene rings is 2. The van der Waals surface area contributed by atoms with Crippen LogP contribution in [0.4, 0.5) is 0 Å². The van der Waals surface area contributed by atoms with Crippen LogP contribution in [0.5, 0.6) is 0 Å². The molecule has 0 aliphatic heterocycles. The van der Waals surface area contributed by atoms with Crippen LogP contribution in [-0.2, 0) is 16.6 Å². The Morgan fingerprint density at radius 2 is 1.70 bits per heavy atom. The van der Waals surface area contributed by atoms with Crippen molar-refractivity contribution >= 4 is 27.5 Å². The van der Waals surface area contributed by atoms with Gasteiger partial charge in [0.2, 0.25) is 10.0 Å². The predicted molar refractivity (Wildman–Crippen MR) is 89.9 cm³/mol. The van der Waals surface area contributed by atoms with Gasteiger partial charge in [0.05, 0.1) is 4.90 Å². The van der Waals surface area contributed by atoms with Gasteiger partial charge in [0.25, 0.3) is 5.91 Å². The molecule has 0 atom stereocenters. The molecule has 2 aromatic rings. The molecule has 5 nitrogen and oxygen atoms in total. The summed E-state index contributed by atoms with van der Waals surface area (Å²) < 4.78 is 25.8. The van der Waals surface area contributed by atoms with Crippen molar-refractivity contribution in [3.05, 3.63) is 64.7 Å². The molecule has 0 radical (unpaired) electrons. The van der Waals surface area contributed by atoms with E-state index in [0.29, 0.717) is 16.1 Å². The van der Waals surface area contributed by atoms with E-state index in [-0.39, 0.29) is 17.3 Å². The third-order valence-electron chi connectivity index (χ3n) is 3.28. The SMILES string of the molecule is CN(C)S(=O)(=O)c1ccccc1CNC(=O)c1ccc(Cl)cc1. The second-order valence-corrected chi connectivity index (χ2v) is 7.64. The molecule has 2 aromatic carbocycles. The molecule has 1 amide bonds. The van der Waals surface area contributed by atoms with E-state index in [1.165, 1.54) is 20.2 Å². The molecular weight excluding hydrogens is 336 g/mol. The number of rotatable bonds is 5. The third kappa shape index (κ3) is 4.10. The number of hydrogen-bond acceptors (Lipinski definition) is 3. The van der Waals surface area contributed by atoms with Crippen LogP contribution in [-0.4, -0.2) is 32.7 Å². The van der Waals surface area contributed by atoms with Gasteiger partial charge >= 0.3 is 0 Å². The van der Waals surface area contributed by atoms with Crippen LogP contribution in [0.2, 0.25) is 5.02 Å². The molecule has 0 bridgehead atoms. The van der Waals surface area contributed by atoms with E-state index in [1.807, 2.05) is 0 Å². The summed E-state index contributed by atoms with van der Waals surface area (Å²) in [5.74, 6) is -0.293. The minimum absolute atomic E-state index is 0.116. The zero-order chi connectivity index (χ0) is 17.0. The maximum absolute atomic E-state index is 12.3. The highest BCUT2D eigenvalue weighted by Gasteiger charge is 2.20. The monoisotopic (exact) mass is 352 g/mol. The highest BCUT2D eigenvalue weighted by atomic mass is 35.5. The molecule has 0 aromatic heterocycles. The number of sulfonamides is 1.